The lowest BCUT2D eigenvalue weighted by atomic mass is 9.60. The number of hydrogen-bond donors (Lipinski definition) is 1. The number of methoxy groups -OCH3 is 2. The first-order valence-corrected chi connectivity index (χ1v) is 14.5. The molecule has 4 aliphatic carbocycles. The average molecular weight is 558 g/mol. The third-order valence-corrected chi connectivity index (χ3v) is 9.57. The maximum Gasteiger partial charge on any atom is 0.233 e. The van der Waals surface area contributed by atoms with Crippen LogP contribution in [-0.2, 0) is 19.2 Å². The number of fused-ring (bicyclic) bond motifs is 3. The van der Waals surface area contributed by atoms with Gasteiger partial charge in [0, 0.05) is 28.7 Å². The number of ketones is 2. The Morgan fingerprint density at radius 2 is 1.63 bits per heavy atom. The van der Waals surface area contributed by atoms with Gasteiger partial charge in [-0.15, -0.1) is 0 Å². The number of amides is 2. The van der Waals surface area contributed by atoms with Crippen LogP contribution in [0.5, 0.6) is 17.2 Å². The van der Waals surface area contributed by atoms with Gasteiger partial charge in [-0.05, 0) is 62.3 Å². The van der Waals surface area contributed by atoms with E-state index in [1.807, 2.05) is 18.2 Å². The van der Waals surface area contributed by atoms with Crippen molar-refractivity contribution < 1.29 is 33.8 Å². The molecule has 2 amide bonds. The maximum absolute atomic E-state index is 14.0. The number of nitrogens with zero attached hydrogens (tertiary/aromatic N) is 1. The normalized spacial score (nSPS) is 28.4. The zero-order valence-electron chi connectivity index (χ0n) is 23.6. The molecule has 2 fully saturated rings. The summed E-state index contributed by atoms with van der Waals surface area (Å²) in [6, 6.07) is 3.28. The number of carbonyl (C=O) groups is 4. The smallest absolute Gasteiger partial charge is 0.233 e. The van der Waals surface area contributed by atoms with Crippen molar-refractivity contribution in [2.24, 2.45) is 23.7 Å². The molecule has 214 valence electrons. The highest BCUT2D eigenvalue weighted by molar-refractivity contribution is 6.23. The molecular formula is C33H35NO7. The number of Topliss-reactive ketones (excluding diaryl/α,β-unsaturated/α-hetero) is 1. The van der Waals surface area contributed by atoms with Gasteiger partial charge in [-0.2, -0.15) is 0 Å². The van der Waals surface area contributed by atoms with Crippen molar-refractivity contribution in [3.05, 3.63) is 58.2 Å². The van der Waals surface area contributed by atoms with Gasteiger partial charge in [0.15, 0.2) is 23.1 Å². The number of allylic oxidation sites excluding steroid dienone is 7. The lowest BCUT2D eigenvalue weighted by molar-refractivity contribution is -0.143. The summed E-state index contributed by atoms with van der Waals surface area (Å²) in [4.78, 5) is 55.9. The summed E-state index contributed by atoms with van der Waals surface area (Å²) in [5, 5.41) is 10.3. The van der Waals surface area contributed by atoms with Crippen molar-refractivity contribution in [1.29, 1.82) is 0 Å². The number of phenols is 1. The van der Waals surface area contributed by atoms with E-state index in [0.29, 0.717) is 28.7 Å². The van der Waals surface area contributed by atoms with Crippen molar-refractivity contribution >= 4 is 29.5 Å². The van der Waals surface area contributed by atoms with Gasteiger partial charge in [0.2, 0.25) is 17.6 Å². The number of ether oxygens (including phenoxy) is 2. The highest BCUT2D eigenvalue weighted by Crippen LogP contribution is 2.53. The summed E-state index contributed by atoms with van der Waals surface area (Å²) in [5.74, 6) is -2.03. The number of benzene rings is 1. The molecule has 8 nitrogen and oxygen atoms in total. The molecule has 1 saturated carbocycles. The lowest BCUT2D eigenvalue weighted by Gasteiger charge is -2.41. The van der Waals surface area contributed by atoms with Gasteiger partial charge >= 0.3 is 0 Å². The summed E-state index contributed by atoms with van der Waals surface area (Å²) in [6.45, 7) is 1.65. The van der Waals surface area contributed by atoms with Crippen LogP contribution in [-0.4, -0.2) is 53.6 Å². The molecule has 0 bridgehead atoms. The largest absolute Gasteiger partial charge is 0.502 e. The van der Waals surface area contributed by atoms with Gasteiger partial charge in [-0.1, -0.05) is 43.1 Å². The number of hydrogen-bond acceptors (Lipinski definition) is 7. The number of aromatic hydroxyl groups is 1. The molecule has 1 N–H and O–H groups in total. The van der Waals surface area contributed by atoms with E-state index in [-0.39, 0.29) is 59.0 Å². The first-order valence-electron chi connectivity index (χ1n) is 14.5. The summed E-state index contributed by atoms with van der Waals surface area (Å²) < 4.78 is 10.6. The predicted molar refractivity (Wildman–Crippen MR) is 151 cm³/mol. The lowest BCUT2D eigenvalue weighted by Crippen LogP contribution is -2.43. The second-order valence-corrected chi connectivity index (χ2v) is 11.7. The van der Waals surface area contributed by atoms with E-state index < -0.39 is 17.8 Å². The molecule has 5 aliphatic rings. The third kappa shape index (κ3) is 4.35. The van der Waals surface area contributed by atoms with Crippen molar-refractivity contribution in [3.8, 4) is 17.2 Å². The van der Waals surface area contributed by atoms with Crippen molar-refractivity contribution in [2.45, 2.75) is 57.9 Å². The van der Waals surface area contributed by atoms with Crippen LogP contribution in [0.1, 0.15) is 57.4 Å². The van der Waals surface area contributed by atoms with E-state index in [2.05, 4.69) is 0 Å². The van der Waals surface area contributed by atoms with E-state index >= 15 is 0 Å². The fourth-order valence-electron chi connectivity index (χ4n) is 7.60. The molecular weight excluding hydrogens is 522 g/mol. The fourth-order valence-corrected chi connectivity index (χ4v) is 7.60. The monoisotopic (exact) mass is 557 g/mol. The van der Waals surface area contributed by atoms with E-state index in [1.165, 1.54) is 20.3 Å². The summed E-state index contributed by atoms with van der Waals surface area (Å²) >= 11 is 0. The van der Waals surface area contributed by atoms with Crippen LogP contribution in [0.3, 0.4) is 0 Å². The number of imide groups is 1. The highest BCUT2D eigenvalue weighted by Gasteiger charge is 2.57. The Hall–Kier alpha value is -3.94. The first-order chi connectivity index (χ1) is 19.7. The van der Waals surface area contributed by atoms with Crippen LogP contribution < -0.4 is 9.47 Å². The van der Waals surface area contributed by atoms with Crippen LogP contribution >= 0.6 is 0 Å². The van der Waals surface area contributed by atoms with Crippen molar-refractivity contribution in [1.82, 2.24) is 4.90 Å². The van der Waals surface area contributed by atoms with E-state index in [0.717, 1.165) is 37.7 Å². The topological polar surface area (TPSA) is 110 Å². The predicted octanol–water partition coefficient (Wildman–Crippen LogP) is 4.72. The Kier molecular flexibility index (Phi) is 6.96. The minimum Gasteiger partial charge on any atom is -0.502 e. The molecule has 0 unspecified atom stereocenters. The number of phenolic OH excluding ortho intramolecular Hbond substituents is 1. The highest BCUT2D eigenvalue weighted by atomic mass is 16.5. The molecule has 0 radical (unpaired) electrons. The van der Waals surface area contributed by atoms with E-state index in [1.54, 1.807) is 24.0 Å². The number of rotatable bonds is 5. The van der Waals surface area contributed by atoms with Crippen LogP contribution in [0.2, 0.25) is 0 Å². The molecule has 6 rings (SSSR count). The minimum absolute atomic E-state index is 0.0469. The molecule has 4 atom stereocenters. The van der Waals surface area contributed by atoms with Crippen LogP contribution in [0.15, 0.2) is 52.7 Å². The Labute approximate surface area is 239 Å². The Morgan fingerprint density at radius 1 is 0.951 bits per heavy atom. The molecule has 8 heteroatoms. The molecule has 1 saturated heterocycles. The first kappa shape index (κ1) is 27.2. The van der Waals surface area contributed by atoms with Gasteiger partial charge in [0.1, 0.15) is 0 Å². The van der Waals surface area contributed by atoms with Gasteiger partial charge in [-0.25, -0.2) is 0 Å². The van der Waals surface area contributed by atoms with Crippen LogP contribution in [0.4, 0.5) is 0 Å². The van der Waals surface area contributed by atoms with E-state index in [4.69, 9.17) is 9.47 Å². The SMILES string of the molecule is COc1cc(C=C[C@H]2C3=CC[C@@H]4C(=O)N(C5CCCCC5)C(=O)[C@@H]4[C@@H]3CC3=C2C(=O)C=C(C)C3=O)cc(OC)c1O. The molecule has 1 heterocycles. The summed E-state index contributed by atoms with van der Waals surface area (Å²) in [5.41, 5.74) is 2.87. The molecule has 41 heavy (non-hydrogen) atoms. The molecule has 1 aromatic rings. The summed E-state index contributed by atoms with van der Waals surface area (Å²) in [7, 11) is 2.90. The number of likely N-dealkylation sites (tertiary alicyclic amines) is 1. The second-order valence-electron chi connectivity index (χ2n) is 11.7. The summed E-state index contributed by atoms with van der Waals surface area (Å²) in [6.07, 6.45) is 12.7. The zero-order chi connectivity index (χ0) is 29.0. The Morgan fingerprint density at radius 3 is 2.29 bits per heavy atom. The van der Waals surface area contributed by atoms with Gasteiger partial charge < -0.3 is 14.6 Å². The third-order valence-electron chi connectivity index (χ3n) is 9.57. The molecule has 1 aromatic carbocycles. The Balaban J connectivity index is 1.41. The minimum atomic E-state index is -0.530. The van der Waals surface area contributed by atoms with Gasteiger partial charge in [-0.3, -0.25) is 24.1 Å². The van der Waals surface area contributed by atoms with Gasteiger partial charge in [0.05, 0.1) is 26.1 Å². The van der Waals surface area contributed by atoms with E-state index in [9.17, 15) is 24.3 Å². The average Bonchev–Trinajstić information content (AvgIpc) is 3.24. The quantitative estimate of drug-likeness (QED) is 0.317. The molecule has 0 spiro atoms. The zero-order valence-corrected chi connectivity index (χ0v) is 23.6. The second kappa shape index (κ2) is 10.5. The van der Waals surface area contributed by atoms with Crippen molar-refractivity contribution in [2.75, 3.05) is 14.2 Å². The molecule has 1 aliphatic heterocycles. The van der Waals surface area contributed by atoms with Crippen LogP contribution in [0.25, 0.3) is 6.08 Å². The standard InChI is InChI=1S/C33H35NO7/c1-17-13-25(35)28-21(10-9-18-14-26(40-2)31(37)27(15-18)41-3)20-11-12-22-29(23(20)16-24(28)30(17)36)33(39)34(32(22)38)19-7-5-4-6-8-19/h9-11,13-15,19,21-23,29,37H,4-8,12,16H2,1-3H3/t21-,22-,23+,29-/m0/s1. The van der Waals surface area contributed by atoms with Crippen LogP contribution in [0, 0.1) is 23.7 Å². The number of carbonyl (C=O) groups excluding carboxylic acids is 4. The maximum atomic E-state index is 14.0. The Bertz CT molecular complexity index is 1450. The van der Waals surface area contributed by atoms with Crippen molar-refractivity contribution in [3.63, 3.8) is 0 Å². The molecule has 0 aromatic heterocycles. The van der Waals surface area contributed by atoms with Gasteiger partial charge in [0.25, 0.3) is 0 Å². The fraction of sp³-hybridized carbons (Fsp3) is 0.455.